The molecule has 0 radical (unpaired) electrons. The first-order valence-corrected chi connectivity index (χ1v) is 6.22. The fourth-order valence-electron chi connectivity index (χ4n) is 1.97. The van der Waals surface area contributed by atoms with E-state index in [4.69, 9.17) is 9.47 Å². The Hall–Kier alpha value is -1.14. The summed E-state index contributed by atoms with van der Waals surface area (Å²) in [5.41, 5.74) is 0. The number of hydrogen-bond acceptors (Lipinski definition) is 4. The maximum atomic E-state index is 12.2. The van der Waals surface area contributed by atoms with E-state index in [9.17, 15) is 9.59 Å². The number of nitrogens with zero attached hydrogens (tertiary/aromatic N) is 1. The molecule has 1 aliphatic heterocycles. The van der Waals surface area contributed by atoms with Gasteiger partial charge in [-0.1, -0.05) is 0 Å². The first-order chi connectivity index (χ1) is 8.69. The second-order valence-corrected chi connectivity index (χ2v) is 4.37. The maximum absolute atomic E-state index is 12.2. The van der Waals surface area contributed by atoms with Gasteiger partial charge in [0.1, 0.15) is 0 Å². The van der Waals surface area contributed by atoms with Crippen LogP contribution in [-0.2, 0) is 19.1 Å². The number of carbonyl (C=O) groups excluding carboxylic acids is 2. The minimum atomic E-state index is -0.225. The third-order valence-corrected chi connectivity index (χ3v) is 2.98. The molecule has 0 aromatic heterocycles. The fraction of sp³-hybridized carbons (Fsp3) is 0.833. The van der Waals surface area contributed by atoms with Crippen molar-refractivity contribution in [3.05, 3.63) is 0 Å². The van der Waals surface area contributed by atoms with Gasteiger partial charge in [0.15, 0.2) is 0 Å². The van der Waals surface area contributed by atoms with E-state index < -0.39 is 0 Å². The SMILES string of the molecule is COCCCN(CCOC)C(=O)C1CNC(=O)C1. The van der Waals surface area contributed by atoms with Crippen molar-refractivity contribution in [2.75, 3.05) is 47.1 Å². The summed E-state index contributed by atoms with van der Waals surface area (Å²) in [7, 11) is 3.25. The van der Waals surface area contributed by atoms with Gasteiger partial charge in [-0.15, -0.1) is 0 Å². The zero-order chi connectivity index (χ0) is 13.4. The Morgan fingerprint density at radius 1 is 1.33 bits per heavy atom. The summed E-state index contributed by atoms with van der Waals surface area (Å²) in [6.07, 6.45) is 1.09. The van der Waals surface area contributed by atoms with Crippen LogP contribution in [0.5, 0.6) is 0 Å². The van der Waals surface area contributed by atoms with E-state index in [2.05, 4.69) is 5.32 Å². The highest BCUT2D eigenvalue weighted by Gasteiger charge is 2.30. The zero-order valence-electron chi connectivity index (χ0n) is 11.1. The van der Waals surface area contributed by atoms with Crippen molar-refractivity contribution in [3.63, 3.8) is 0 Å². The van der Waals surface area contributed by atoms with Crippen molar-refractivity contribution >= 4 is 11.8 Å². The van der Waals surface area contributed by atoms with Crippen LogP contribution in [0.4, 0.5) is 0 Å². The normalized spacial score (nSPS) is 18.8. The van der Waals surface area contributed by atoms with Gasteiger partial charge >= 0.3 is 0 Å². The molecule has 1 atom stereocenters. The predicted molar refractivity (Wildman–Crippen MR) is 66.1 cm³/mol. The molecule has 1 heterocycles. The Balaban J connectivity index is 2.46. The molecule has 1 saturated heterocycles. The molecule has 1 fully saturated rings. The molecule has 0 spiro atoms. The average Bonchev–Trinajstić information content (AvgIpc) is 2.79. The number of amides is 2. The summed E-state index contributed by atoms with van der Waals surface area (Å²) in [5.74, 6) is -0.240. The van der Waals surface area contributed by atoms with Crippen molar-refractivity contribution in [1.29, 1.82) is 0 Å². The van der Waals surface area contributed by atoms with E-state index >= 15 is 0 Å². The van der Waals surface area contributed by atoms with Gasteiger partial charge in [0, 0.05) is 46.9 Å². The van der Waals surface area contributed by atoms with E-state index in [1.54, 1.807) is 19.1 Å². The molecular formula is C12H22N2O4. The first kappa shape index (κ1) is 14.9. The first-order valence-electron chi connectivity index (χ1n) is 6.22. The molecule has 1 unspecified atom stereocenters. The van der Waals surface area contributed by atoms with Gasteiger partial charge in [-0.25, -0.2) is 0 Å². The Morgan fingerprint density at radius 3 is 2.61 bits per heavy atom. The third-order valence-electron chi connectivity index (χ3n) is 2.98. The lowest BCUT2D eigenvalue weighted by Gasteiger charge is -2.24. The van der Waals surface area contributed by atoms with Gasteiger partial charge in [-0.3, -0.25) is 9.59 Å². The molecule has 0 aromatic rings. The van der Waals surface area contributed by atoms with Crippen LogP contribution in [0.3, 0.4) is 0 Å². The minimum Gasteiger partial charge on any atom is -0.385 e. The second kappa shape index (κ2) is 8.05. The number of nitrogens with one attached hydrogen (secondary N) is 1. The molecule has 104 valence electrons. The molecule has 0 saturated carbocycles. The monoisotopic (exact) mass is 258 g/mol. The van der Waals surface area contributed by atoms with E-state index in [0.29, 0.717) is 39.3 Å². The van der Waals surface area contributed by atoms with E-state index in [1.165, 1.54) is 0 Å². The highest BCUT2D eigenvalue weighted by Crippen LogP contribution is 2.13. The van der Waals surface area contributed by atoms with Gasteiger partial charge in [0.2, 0.25) is 11.8 Å². The molecule has 1 aliphatic rings. The van der Waals surface area contributed by atoms with E-state index in [1.807, 2.05) is 0 Å². The Labute approximate surface area is 108 Å². The summed E-state index contributed by atoms with van der Waals surface area (Å²) >= 11 is 0. The van der Waals surface area contributed by atoms with Crippen LogP contribution >= 0.6 is 0 Å². The molecule has 18 heavy (non-hydrogen) atoms. The molecule has 6 heteroatoms. The van der Waals surface area contributed by atoms with Crippen molar-refractivity contribution in [2.24, 2.45) is 5.92 Å². The van der Waals surface area contributed by atoms with Gasteiger partial charge in [-0.05, 0) is 6.42 Å². The second-order valence-electron chi connectivity index (χ2n) is 4.37. The molecule has 0 aliphatic carbocycles. The van der Waals surface area contributed by atoms with Crippen LogP contribution in [0, 0.1) is 5.92 Å². The Bertz CT molecular complexity index is 283. The molecule has 1 N–H and O–H groups in total. The maximum Gasteiger partial charge on any atom is 0.228 e. The summed E-state index contributed by atoms with van der Waals surface area (Å²) in [5, 5.41) is 2.69. The van der Waals surface area contributed by atoms with Crippen LogP contribution in [0.25, 0.3) is 0 Å². The highest BCUT2D eigenvalue weighted by atomic mass is 16.5. The van der Waals surface area contributed by atoms with E-state index in [0.717, 1.165) is 6.42 Å². The number of carbonyl (C=O) groups is 2. The van der Waals surface area contributed by atoms with Crippen LogP contribution in [-0.4, -0.2) is 63.8 Å². The van der Waals surface area contributed by atoms with Gasteiger partial charge in [-0.2, -0.15) is 0 Å². The zero-order valence-corrected chi connectivity index (χ0v) is 11.1. The summed E-state index contributed by atoms with van der Waals surface area (Å²) in [4.78, 5) is 25.1. The van der Waals surface area contributed by atoms with Crippen molar-refractivity contribution in [3.8, 4) is 0 Å². The third kappa shape index (κ3) is 4.62. The van der Waals surface area contributed by atoms with Gasteiger partial charge < -0.3 is 19.7 Å². The topological polar surface area (TPSA) is 67.9 Å². The lowest BCUT2D eigenvalue weighted by Crippen LogP contribution is -2.40. The van der Waals surface area contributed by atoms with Gasteiger partial charge in [0.05, 0.1) is 12.5 Å². The van der Waals surface area contributed by atoms with Crippen molar-refractivity contribution < 1.29 is 19.1 Å². The standard InChI is InChI=1S/C12H22N2O4/c1-17-6-3-4-14(5-7-18-2)12(16)10-8-11(15)13-9-10/h10H,3-9H2,1-2H3,(H,13,15). The Morgan fingerprint density at radius 2 is 2.06 bits per heavy atom. The molecule has 6 nitrogen and oxygen atoms in total. The number of rotatable bonds is 8. The van der Waals surface area contributed by atoms with Gasteiger partial charge in [0.25, 0.3) is 0 Å². The van der Waals surface area contributed by atoms with Crippen LogP contribution < -0.4 is 5.32 Å². The summed E-state index contributed by atoms with van der Waals surface area (Å²) < 4.78 is 9.99. The summed E-state index contributed by atoms with van der Waals surface area (Å²) in [6, 6.07) is 0. The van der Waals surface area contributed by atoms with Crippen molar-refractivity contribution in [2.45, 2.75) is 12.8 Å². The Kier molecular flexibility index (Phi) is 6.67. The lowest BCUT2D eigenvalue weighted by molar-refractivity contribution is -0.136. The minimum absolute atomic E-state index is 0.0292. The van der Waals surface area contributed by atoms with Crippen LogP contribution in [0.15, 0.2) is 0 Å². The largest absolute Gasteiger partial charge is 0.385 e. The summed E-state index contributed by atoms with van der Waals surface area (Å²) in [6.45, 7) is 2.78. The predicted octanol–water partition coefficient (Wildman–Crippen LogP) is -0.366. The lowest BCUT2D eigenvalue weighted by atomic mass is 10.1. The number of ether oxygens (including phenoxy) is 2. The molecule has 0 aromatic carbocycles. The van der Waals surface area contributed by atoms with Crippen LogP contribution in [0.1, 0.15) is 12.8 Å². The number of methoxy groups -OCH3 is 2. The fourth-order valence-corrected chi connectivity index (χ4v) is 1.97. The molecular weight excluding hydrogens is 236 g/mol. The highest BCUT2D eigenvalue weighted by molar-refractivity contribution is 5.89. The van der Waals surface area contributed by atoms with Crippen molar-refractivity contribution in [1.82, 2.24) is 10.2 Å². The average molecular weight is 258 g/mol. The smallest absolute Gasteiger partial charge is 0.228 e. The molecule has 2 amide bonds. The van der Waals surface area contributed by atoms with Crippen LogP contribution in [0.2, 0.25) is 0 Å². The van der Waals surface area contributed by atoms with E-state index in [-0.39, 0.29) is 17.7 Å². The molecule has 1 rings (SSSR count). The number of hydrogen-bond donors (Lipinski definition) is 1. The molecule has 0 bridgehead atoms. The quantitative estimate of drug-likeness (QED) is 0.603.